The molecule has 1 aromatic heterocycles. The number of carbonyl (C=O) groups excluding carboxylic acids is 1. The van der Waals surface area contributed by atoms with Crippen molar-refractivity contribution in [1.29, 1.82) is 0 Å². The second kappa shape index (κ2) is 9.25. The number of para-hydroxylation sites is 1. The number of nitrogens with one attached hydrogen (secondary N) is 1. The minimum atomic E-state index is -0.140. The van der Waals surface area contributed by atoms with Gasteiger partial charge < -0.3 is 14.8 Å². The van der Waals surface area contributed by atoms with E-state index in [2.05, 4.69) is 25.7 Å². The van der Waals surface area contributed by atoms with E-state index in [4.69, 9.17) is 9.47 Å². The van der Waals surface area contributed by atoms with E-state index in [9.17, 15) is 4.79 Å². The van der Waals surface area contributed by atoms with Crippen LogP contribution in [0.2, 0.25) is 0 Å². The van der Waals surface area contributed by atoms with Crippen LogP contribution in [0.1, 0.15) is 22.6 Å². The number of ether oxygens (including phenoxy) is 2. The molecule has 26 heavy (non-hydrogen) atoms. The van der Waals surface area contributed by atoms with Crippen molar-refractivity contribution in [3.05, 3.63) is 35.7 Å². The van der Waals surface area contributed by atoms with Crippen LogP contribution in [-0.2, 0) is 18.4 Å². The molecule has 0 atom stereocenters. The third kappa shape index (κ3) is 4.99. The Bertz CT molecular complexity index is 714. The van der Waals surface area contributed by atoms with Crippen LogP contribution < -0.4 is 10.1 Å². The predicted molar refractivity (Wildman–Crippen MR) is 93.8 cm³/mol. The SMILES string of the molecule is Cn1nnnc1COc1ccccc1C(=O)NCCCN1CCOCC1. The molecule has 3 rings (SSSR count). The molecule has 0 saturated carbocycles. The number of tetrazole rings is 1. The number of hydrogen-bond acceptors (Lipinski definition) is 7. The van der Waals surface area contributed by atoms with E-state index in [0.717, 1.165) is 39.3 Å². The Balaban J connectivity index is 1.48. The van der Waals surface area contributed by atoms with Gasteiger partial charge in [0.2, 0.25) is 0 Å². The first-order valence-electron chi connectivity index (χ1n) is 8.75. The fraction of sp³-hybridized carbons (Fsp3) is 0.529. The van der Waals surface area contributed by atoms with E-state index in [1.54, 1.807) is 19.2 Å². The van der Waals surface area contributed by atoms with Crippen LogP contribution in [0.4, 0.5) is 0 Å². The van der Waals surface area contributed by atoms with E-state index < -0.39 is 0 Å². The highest BCUT2D eigenvalue weighted by molar-refractivity contribution is 5.96. The Hall–Kier alpha value is -2.52. The molecule has 1 aromatic carbocycles. The number of benzene rings is 1. The highest BCUT2D eigenvalue weighted by Crippen LogP contribution is 2.18. The predicted octanol–water partition coefficient (Wildman–Crippen LogP) is 0.241. The maximum Gasteiger partial charge on any atom is 0.255 e. The van der Waals surface area contributed by atoms with Gasteiger partial charge in [0.05, 0.1) is 18.8 Å². The number of morpholine rings is 1. The number of nitrogens with zero attached hydrogens (tertiary/aromatic N) is 5. The second-order valence-electron chi connectivity index (χ2n) is 6.07. The summed E-state index contributed by atoms with van der Waals surface area (Å²) < 4.78 is 12.6. The molecule has 1 amide bonds. The number of amides is 1. The lowest BCUT2D eigenvalue weighted by Crippen LogP contribution is -2.38. The molecule has 2 heterocycles. The lowest BCUT2D eigenvalue weighted by Gasteiger charge is -2.26. The molecule has 1 N–H and O–H groups in total. The van der Waals surface area contributed by atoms with E-state index in [1.807, 2.05) is 12.1 Å². The van der Waals surface area contributed by atoms with Crippen LogP contribution in [-0.4, -0.2) is 70.4 Å². The quantitative estimate of drug-likeness (QED) is 0.674. The Labute approximate surface area is 152 Å². The number of carbonyl (C=O) groups is 1. The van der Waals surface area contributed by atoms with Crippen molar-refractivity contribution >= 4 is 5.91 Å². The zero-order valence-corrected chi connectivity index (χ0v) is 14.9. The summed E-state index contributed by atoms with van der Waals surface area (Å²) in [5.74, 6) is 0.963. The van der Waals surface area contributed by atoms with Gasteiger partial charge in [-0.05, 0) is 35.5 Å². The van der Waals surface area contributed by atoms with Crippen LogP contribution in [0.25, 0.3) is 0 Å². The zero-order chi connectivity index (χ0) is 18.2. The summed E-state index contributed by atoms with van der Waals surface area (Å²) in [6.07, 6.45) is 0.902. The van der Waals surface area contributed by atoms with Crippen LogP contribution >= 0.6 is 0 Å². The monoisotopic (exact) mass is 360 g/mol. The topological polar surface area (TPSA) is 94.4 Å². The van der Waals surface area contributed by atoms with Crippen LogP contribution in [0.5, 0.6) is 5.75 Å². The molecular formula is C17H24N6O3. The minimum absolute atomic E-state index is 0.140. The molecule has 9 heteroatoms. The standard InChI is InChI=1S/C17H24N6O3/c1-22-16(19-20-21-22)13-26-15-6-3-2-5-14(15)17(24)18-7-4-8-23-9-11-25-12-10-23/h2-3,5-6H,4,7-13H2,1H3,(H,18,24). The van der Waals surface area contributed by atoms with E-state index >= 15 is 0 Å². The van der Waals surface area contributed by atoms with Crippen molar-refractivity contribution in [1.82, 2.24) is 30.4 Å². The van der Waals surface area contributed by atoms with Gasteiger partial charge in [0.25, 0.3) is 5.91 Å². The smallest absolute Gasteiger partial charge is 0.255 e. The number of hydrogen-bond donors (Lipinski definition) is 1. The minimum Gasteiger partial charge on any atom is -0.485 e. The Morgan fingerprint density at radius 1 is 1.31 bits per heavy atom. The molecule has 1 aliphatic rings. The zero-order valence-electron chi connectivity index (χ0n) is 14.9. The van der Waals surface area contributed by atoms with Gasteiger partial charge in [-0.3, -0.25) is 9.69 Å². The van der Waals surface area contributed by atoms with E-state index in [-0.39, 0.29) is 12.5 Å². The Kier molecular flexibility index (Phi) is 6.50. The molecule has 1 fully saturated rings. The Morgan fingerprint density at radius 2 is 2.12 bits per heavy atom. The largest absolute Gasteiger partial charge is 0.485 e. The normalized spacial score (nSPS) is 15.0. The van der Waals surface area contributed by atoms with Crippen molar-refractivity contribution in [2.75, 3.05) is 39.4 Å². The lowest BCUT2D eigenvalue weighted by molar-refractivity contribution is 0.0374. The summed E-state index contributed by atoms with van der Waals surface area (Å²) in [6, 6.07) is 7.17. The molecule has 0 unspecified atom stereocenters. The third-order valence-corrected chi connectivity index (χ3v) is 4.24. The average molecular weight is 360 g/mol. The van der Waals surface area contributed by atoms with Crippen molar-refractivity contribution in [2.45, 2.75) is 13.0 Å². The van der Waals surface area contributed by atoms with Gasteiger partial charge >= 0.3 is 0 Å². The van der Waals surface area contributed by atoms with Gasteiger partial charge in [0.1, 0.15) is 12.4 Å². The van der Waals surface area contributed by atoms with Gasteiger partial charge in [0, 0.05) is 26.7 Å². The van der Waals surface area contributed by atoms with Gasteiger partial charge in [-0.2, -0.15) is 0 Å². The maximum absolute atomic E-state index is 12.5. The molecule has 1 saturated heterocycles. The molecule has 140 valence electrons. The van der Waals surface area contributed by atoms with Crippen LogP contribution in [0.3, 0.4) is 0 Å². The third-order valence-electron chi connectivity index (χ3n) is 4.24. The molecule has 0 aliphatic carbocycles. The molecule has 9 nitrogen and oxygen atoms in total. The van der Waals surface area contributed by atoms with Gasteiger partial charge in [0.15, 0.2) is 5.82 Å². The first-order valence-corrected chi connectivity index (χ1v) is 8.75. The maximum atomic E-state index is 12.5. The van der Waals surface area contributed by atoms with Crippen LogP contribution in [0, 0.1) is 0 Å². The number of aryl methyl sites for hydroxylation is 1. The van der Waals surface area contributed by atoms with Crippen molar-refractivity contribution in [3.63, 3.8) is 0 Å². The summed E-state index contributed by atoms with van der Waals surface area (Å²) in [5.41, 5.74) is 0.508. The Morgan fingerprint density at radius 3 is 2.88 bits per heavy atom. The first kappa shape index (κ1) is 18.3. The summed E-state index contributed by atoms with van der Waals surface area (Å²) in [5, 5.41) is 14.2. The highest BCUT2D eigenvalue weighted by atomic mass is 16.5. The van der Waals surface area contributed by atoms with E-state index in [0.29, 0.717) is 23.7 Å². The lowest BCUT2D eigenvalue weighted by atomic mass is 10.2. The molecule has 1 aliphatic heterocycles. The van der Waals surface area contributed by atoms with Gasteiger partial charge in [-0.15, -0.1) is 5.10 Å². The van der Waals surface area contributed by atoms with Crippen molar-refractivity contribution in [3.8, 4) is 5.75 Å². The fourth-order valence-corrected chi connectivity index (χ4v) is 2.72. The van der Waals surface area contributed by atoms with Gasteiger partial charge in [-0.1, -0.05) is 12.1 Å². The number of rotatable bonds is 8. The second-order valence-corrected chi connectivity index (χ2v) is 6.07. The average Bonchev–Trinajstić information content (AvgIpc) is 3.09. The summed E-state index contributed by atoms with van der Waals surface area (Å²) in [4.78, 5) is 14.8. The first-order chi connectivity index (χ1) is 12.7. The molecular weight excluding hydrogens is 336 g/mol. The van der Waals surface area contributed by atoms with Crippen molar-refractivity contribution < 1.29 is 14.3 Å². The highest BCUT2D eigenvalue weighted by Gasteiger charge is 2.14. The van der Waals surface area contributed by atoms with E-state index in [1.165, 1.54) is 4.68 Å². The number of aromatic nitrogens is 4. The molecule has 2 aromatic rings. The molecule has 0 radical (unpaired) electrons. The summed E-state index contributed by atoms with van der Waals surface area (Å²) in [7, 11) is 1.74. The molecule has 0 spiro atoms. The van der Waals surface area contributed by atoms with Crippen LogP contribution in [0.15, 0.2) is 24.3 Å². The summed E-state index contributed by atoms with van der Waals surface area (Å²) in [6.45, 7) is 5.28. The summed E-state index contributed by atoms with van der Waals surface area (Å²) >= 11 is 0. The van der Waals surface area contributed by atoms with Crippen molar-refractivity contribution in [2.24, 2.45) is 7.05 Å². The molecule has 0 bridgehead atoms. The van der Waals surface area contributed by atoms with Gasteiger partial charge in [-0.25, -0.2) is 4.68 Å². The fourth-order valence-electron chi connectivity index (χ4n) is 2.72.